The molecule has 4 heteroatoms. The Bertz CT molecular complexity index is 273. The van der Waals surface area contributed by atoms with Crippen LogP contribution in [0.25, 0.3) is 0 Å². The number of rotatable bonds is 4. The van der Waals surface area contributed by atoms with Crippen molar-refractivity contribution in [2.24, 2.45) is 0 Å². The first kappa shape index (κ1) is 11.4. The first-order valence-corrected chi connectivity index (χ1v) is 3.78. The predicted octanol–water partition coefficient (Wildman–Crippen LogP) is 1.44. The highest BCUT2D eigenvalue weighted by Crippen LogP contribution is 2.10. The Labute approximate surface area is 76.2 Å². The average Bonchev–Trinajstić information content (AvgIpc) is 2.04. The number of hydrogen-bond acceptors (Lipinski definition) is 2. The second kappa shape index (κ2) is 5.13. The van der Waals surface area contributed by atoms with Crippen LogP contribution in [0, 0.1) is 0 Å². The Morgan fingerprint density at radius 2 is 1.77 bits per heavy atom. The van der Waals surface area contributed by atoms with Gasteiger partial charge in [-0.1, -0.05) is 12.2 Å². The maximum absolute atomic E-state index is 10.6. The van der Waals surface area contributed by atoms with Crippen LogP contribution in [-0.4, -0.2) is 22.2 Å². The molecule has 0 fully saturated rings. The molecular formula is C9H12O4. The molecule has 0 bridgehead atoms. The number of aliphatic carboxylic acids is 2. The van der Waals surface area contributed by atoms with E-state index in [1.54, 1.807) is 19.1 Å². The van der Waals surface area contributed by atoms with E-state index in [0.29, 0.717) is 0 Å². The van der Waals surface area contributed by atoms with Crippen molar-refractivity contribution in [3.05, 3.63) is 23.3 Å². The van der Waals surface area contributed by atoms with Gasteiger partial charge in [-0.15, -0.1) is 0 Å². The number of carboxylic acids is 2. The lowest BCUT2D eigenvalue weighted by Crippen LogP contribution is -2.08. The van der Waals surface area contributed by atoms with E-state index >= 15 is 0 Å². The smallest absolute Gasteiger partial charge is 0.332 e. The van der Waals surface area contributed by atoms with Crippen molar-refractivity contribution in [1.82, 2.24) is 0 Å². The summed E-state index contributed by atoms with van der Waals surface area (Å²) in [6.45, 7) is 3.03. The highest BCUT2D eigenvalue weighted by molar-refractivity contribution is 5.98. The maximum atomic E-state index is 10.6. The molecule has 0 aromatic carbocycles. The van der Waals surface area contributed by atoms with Gasteiger partial charge in [0, 0.05) is 5.57 Å². The number of carbonyl (C=O) groups is 2. The molecule has 0 amide bonds. The van der Waals surface area contributed by atoms with E-state index in [2.05, 4.69) is 0 Å². The van der Waals surface area contributed by atoms with Gasteiger partial charge >= 0.3 is 11.9 Å². The van der Waals surface area contributed by atoms with Gasteiger partial charge in [0.05, 0.1) is 5.57 Å². The fourth-order valence-corrected chi connectivity index (χ4v) is 0.766. The summed E-state index contributed by atoms with van der Waals surface area (Å²) in [4.78, 5) is 21.1. The zero-order chi connectivity index (χ0) is 10.4. The van der Waals surface area contributed by atoms with Gasteiger partial charge in [0.15, 0.2) is 0 Å². The summed E-state index contributed by atoms with van der Waals surface area (Å²) >= 11 is 0. The summed E-state index contributed by atoms with van der Waals surface area (Å²) in [5, 5.41) is 17.2. The summed E-state index contributed by atoms with van der Waals surface area (Å²) in [5.74, 6) is -2.38. The largest absolute Gasteiger partial charge is 0.478 e. The fraction of sp³-hybridized carbons (Fsp3) is 0.333. The zero-order valence-electron chi connectivity index (χ0n) is 7.57. The van der Waals surface area contributed by atoms with Crippen LogP contribution in [0.5, 0.6) is 0 Å². The lowest BCUT2D eigenvalue weighted by Gasteiger charge is -2.00. The lowest BCUT2D eigenvalue weighted by molar-refractivity contribution is -0.135. The van der Waals surface area contributed by atoms with Gasteiger partial charge in [-0.2, -0.15) is 0 Å². The molecule has 0 aromatic rings. The Morgan fingerprint density at radius 1 is 1.23 bits per heavy atom. The SMILES string of the molecule is C/C=C/C/C(C(=O)O)=C(/C)C(=O)O. The number of allylic oxidation sites excluding steroid dienone is 2. The highest BCUT2D eigenvalue weighted by Gasteiger charge is 2.14. The third kappa shape index (κ3) is 3.55. The second-order valence-electron chi connectivity index (χ2n) is 2.49. The van der Waals surface area contributed by atoms with Crippen LogP contribution in [0.3, 0.4) is 0 Å². The molecule has 2 N–H and O–H groups in total. The summed E-state index contributed by atoms with van der Waals surface area (Å²) in [6, 6.07) is 0. The van der Waals surface area contributed by atoms with E-state index in [1.165, 1.54) is 6.92 Å². The van der Waals surface area contributed by atoms with Gasteiger partial charge in [0.1, 0.15) is 0 Å². The minimum Gasteiger partial charge on any atom is -0.478 e. The second-order valence-corrected chi connectivity index (χ2v) is 2.49. The third-order valence-electron chi connectivity index (χ3n) is 1.59. The molecule has 0 unspecified atom stereocenters. The quantitative estimate of drug-likeness (QED) is 0.512. The van der Waals surface area contributed by atoms with Crippen LogP contribution >= 0.6 is 0 Å². The van der Waals surface area contributed by atoms with Crippen LogP contribution in [0.1, 0.15) is 20.3 Å². The Hall–Kier alpha value is -1.58. The fourth-order valence-electron chi connectivity index (χ4n) is 0.766. The van der Waals surface area contributed by atoms with Crippen molar-refractivity contribution in [1.29, 1.82) is 0 Å². The molecule has 0 radical (unpaired) electrons. The molecule has 0 aliphatic rings. The van der Waals surface area contributed by atoms with Crippen molar-refractivity contribution < 1.29 is 19.8 Å². The van der Waals surface area contributed by atoms with Crippen molar-refractivity contribution in [2.75, 3.05) is 0 Å². The van der Waals surface area contributed by atoms with Crippen molar-refractivity contribution in [3.8, 4) is 0 Å². The van der Waals surface area contributed by atoms with Crippen LogP contribution in [-0.2, 0) is 9.59 Å². The van der Waals surface area contributed by atoms with Gasteiger partial charge in [-0.05, 0) is 20.3 Å². The maximum Gasteiger partial charge on any atom is 0.332 e. The van der Waals surface area contributed by atoms with E-state index < -0.39 is 11.9 Å². The molecule has 0 spiro atoms. The van der Waals surface area contributed by atoms with E-state index in [1.807, 2.05) is 0 Å². The predicted molar refractivity (Wildman–Crippen MR) is 47.4 cm³/mol. The normalized spacial score (nSPS) is 12.8. The van der Waals surface area contributed by atoms with E-state index in [0.717, 1.165) is 0 Å². The summed E-state index contributed by atoms with van der Waals surface area (Å²) in [6.07, 6.45) is 3.43. The molecule has 72 valence electrons. The zero-order valence-corrected chi connectivity index (χ0v) is 7.57. The molecule has 0 rings (SSSR count). The lowest BCUT2D eigenvalue weighted by atomic mass is 10.1. The van der Waals surface area contributed by atoms with Gasteiger partial charge in [0.25, 0.3) is 0 Å². The molecule has 0 aliphatic heterocycles. The Kier molecular flexibility index (Phi) is 4.51. The minimum atomic E-state index is -1.19. The molecule has 0 heterocycles. The van der Waals surface area contributed by atoms with Gasteiger partial charge < -0.3 is 10.2 Å². The highest BCUT2D eigenvalue weighted by atomic mass is 16.4. The Balaban J connectivity index is 4.88. The van der Waals surface area contributed by atoms with Crippen LogP contribution in [0.4, 0.5) is 0 Å². The summed E-state index contributed by atoms with van der Waals surface area (Å²) in [5.41, 5.74) is -0.198. The van der Waals surface area contributed by atoms with E-state index in [-0.39, 0.29) is 17.6 Å². The minimum absolute atomic E-state index is 0.0781. The molecule has 4 nitrogen and oxygen atoms in total. The topological polar surface area (TPSA) is 74.6 Å². The van der Waals surface area contributed by atoms with Gasteiger partial charge in [0.2, 0.25) is 0 Å². The molecule has 0 saturated carbocycles. The van der Waals surface area contributed by atoms with Gasteiger partial charge in [-0.25, -0.2) is 9.59 Å². The van der Waals surface area contributed by atoms with Crippen molar-refractivity contribution >= 4 is 11.9 Å². The Morgan fingerprint density at radius 3 is 2.08 bits per heavy atom. The van der Waals surface area contributed by atoms with Crippen LogP contribution < -0.4 is 0 Å². The summed E-state index contributed by atoms with van der Waals surface area (Å²) < 4.78 is 0. The first-order chi connectivity index (χ1) is 6.00. The van der Waals surface area contributed by atoms with E-state index in [4.69, 9.17) is 10.2 Å². The van der Waals surface area contributed by atoms with E-state index in [9.17, 15) is 9.59 Å². The molecule has 0 aromatic heterocycles. The average molecular weight is 184 g/mol. The monoisotopic (exact) mass is 184 g/mol. The third-order valence-corrected chi connectivity index (χ3v) is 1.59. The molecule has 0 aliphatic carbocycles. The summed E-state index contributed by atoms with van der Waals surface area (Å²) in [7, 11) is 0. The van der Waals surface area contributed by atoms with Crippen LogP contribution in [0.15, 0.2) is 23.3 Å². The first-order valence-electron chi connectivity index (χ1n) is 3.78. The number of hydrogen-bond donors (Lipinski definition) is 2. The standard InChI is InChI=1S/C9H12O4/c1-3-4-5-7(9(12)13)6(2)8(10)11/h3-4H,5H2,1-2H3,(H,10,11)(H,12,13)/b4-3+,7-6+. The number of carboxylic acid groups (broad SMARTS) is 2. The van der Waals surface area contributed by atoms with Crippen molar-refractivity contribution in [2.45, 2.75) is 20.3 Å². The van der Waals surface area contributed by atoms with Gasteiger partial charge in [-0.3, -0.25) is 0 Å². The molecule has 13 heavy (non-hydrogen) atoms. The van der Waals surface area contributed by atoms with Crippen molar-refractivity contribution in [3.63, 3.8) is 0 Å². The molecule has 0 atom stereocenters. The molecular weight excluding hydrogens is 172 g/mol. The van der Waals surface area contributed by atoms with Crippen LogP contribution in [0.2, 0.25) is 0 Å². The molecule has 0 saturated heterocycles.